The molecule has 0 aliphatic carbocycles. The van der Waals surface area contributed by atoms with E-state index in [1.54, 1.807) is 6.92 Å². The maximum absolute atomic E-state index is 12.2. The predicted octanol–water partition coefficient (Wildman–Crippen LogP) is 3.84. The molecule has 1 N–H and O–H groups in total. The van der Waals surface area contributed by atoms with Gasteiger partial charge in [-0.2, -0.15) is 5.26 Å². The summed E-state index contributed by atoms with van der Waals surface area (Å²) in [7, 11) is 0. The maximum atomic E-state index is 12.2. The normalized spacial score (nSPS) is 10.5. The molecule has 9 heteroatoms. The zero-order valence-corrected chi connectivity index (χ0v) is 16.8. The van der Waals surface area contributed by atoms with Gasteiger partial charge in [0.05, 0.1) is 22.6 Å². The van der Waals surface area contributed by atoms with Gasteiger partial charge in [-0.05, 0) is 25.0 Å². The molecule has 28 heavy (non-hydrogen) atoms. The van der Waals surface area contributed by atoms with Crippen molar-refractivity contribution in [3.8, 4) is 6.07 Å². The molecule has 1 aromatic carbocycles. The molecule has 0 unspecified atom stereocenters. The fourth-order valence-electron chi connectivity index (χ4n) is 2.50. The summed E-state index contributed by atoms with van der Waals surface area (Å²) < 4.78 is 5.55. The van der Waals surface area contributed by atoms with Gasteiger partial charge in [-0.25, -0.2) is 0 Å². The van der Waals surface area contributed by atoms with E-state index in [1.807, 2.05) is 36.4 Å². The molecule has 142 valence electrons. The summed E-state index contributed by atoms with van der Waals surface area (Å²) in [6, 6.07) is 11.8. The Kier molecular flexibility index (Phi) is 6.23. The second-order valence-electron chi connectivity index (χ2n) is 5.89. The van der Waals surface area contributed by atoms with Gasteiger partial charge in [-0.3, -0.25) is 9.59 Å². The standard InChI is InChI=1S/C19H16N4O3S2/c1-11-14(9-20)18(28-17(11)12(2)24)21-15(25)10-27-19-23-22-16(26-19)8-13-6-4-3-5-7-13/h3-7H,8,10H2,1-2H3,(H,21,25). The van der Waals surface area contributed by atoms with Crippen LogP contribution in [0.2, 0.25) is 0 Å². The second kappa shape index (κ2) is 8.82. The third-order valence-corrected chi connectivity index (χ3v) is 5.93. The zero-order chi connectivity index (χ0) is 20.1. The Morgan fingerprint density at radius 2 is 2.04 bits per heavy atom. The molecule has 2 aromatic heterocycles. The molecular formula is C19H16N4O3S2. The smallest absolute Gasteiger partial charge is 0.277 e. The van der Waals surface area contributed by atoms with Gasteiger partial charge in [-0.15, -0.1) is 21.5 Å². The molecule has 1 amide bonds. The van der Waals surface area contributed by atoms with Crippen molar-refractivity contribution >= 4 is 39.8 Å². The summed E-state index contributed by atoms with van der Waals surface area (Å²) in [5, 5.41) is 20.6. The summed E-state index contributed by atoms with van der Waals surface area (Å²) in [5.41, 5.74) is 1.96. The summed E-state index contributed by atoms with van der Waals surface area (Å²) >= 11 is 2.22. The Labute approximate surface area is 169 Å². The molecule has 7 nitrogen and oxygen atoms in total. The second-order valence-corrected chi connectivity index (χ2v) is 7.84. The number of nitrogens with zero attached hydrogens (tertiary/aromatic N) is 3. The van der Waals surface area contributed by atoms with Gasteiger partial charge in [0.2, 0.25) is 11.8 Å². The average molecular weight is 412 g/mol. The Hall–Kier alpha value is -2.96. The number of nitriles is 1. The topological polar surface area (TPSA) is 109 Å². The van der Waals surface area contributed by atoms with Crippen molar-refractivity contribution in [2.24, 2.45) is 0 Å². The van der Waals surface area contributed by atoms with Crippen LogP contribution in [0.1, 0.15) is 39.2 Å². The molecule has 0 atom stereocenters. The van der Waals surface area contributed by atoms with Crippen LogP contribution in [0.4, 0.5) is 5.00 Å². The van der Waals surface area contributed by atoms with Crippen LogP contribution in [0.5, 0.6) is 0 Å². The Bertz CT molecular complexity index is 1050. The Balaban J connectivity index is 1.59. The number of anilines is 1. The Morgan fingerprint density at radius 1 is 1.29 bits per heavy atom. The number of carbonyl (C=O) groups excluding carboxylic acids is 2. The first-order valence-electron chi connectivity index (χ1n) is 8.31. The van der Waals surface area contributed by atoms with Gasteiger partial charge in [0, 0.05) is 0 Å². The molecule has 0 saturated heterocycles. The van der Waals surface area contributed by atoms with Crippen LogP contribution in [0.3, 0.4) is 0 Å². The highest BCUT2D eigenvalue weighted by atomic mass is 32.2. The van der Waals surface area contributed by atoms with Gasteiger partial charge in [0.1, 0.15) is 11.1 Å². The van der Waals surface area contributed by atoms with E-state index in [4.69, 9.17) is 4.42 Å². The van der Waals surface area contributed by atoms with Gasteiger partial charge in [0.15, 0.2) is 5.78 Å². The highest BCUT2D eigenvalue weighted by molar-refractivity contribution is 7.99. The first-order chi connectivity index (χ1) is 13.5. The van der Waals surface area contributed by atoms with Crippen LogP contribution in [-0.2, 0) is 11.2 Å². The first-order valence-corrected chi connectivity index (χ1v) is 10.1. The van der Waals surface area contributed by atoms with Crippen molar-refractivity contribution in [2.45, 2.75) is 25.5 Å². The number of carbonyl (C=O) groups is 2. The fraction of sp³-hybridized carbons (Fsp3) is 0.211. The monoisotopic (exact) mass is 412 g/mol. The number of aromatic nitrogens is 2. The van der Waals surface area contributed by atoms with Crippen LogP contribution < -0.4 is 5.32 Å². The van der Waals surface area contributed by atoms with Crippen molar-refractivity contribution in [2.75, 3.05) is 11.1 Å². The molecular weight excluding hydrogens is 396 g/mol. The lowest BCUT2D eigenvalue weighted by atomic mass is 10.1. The molecule has 3 aromatic rings. The largest absolute Gasteiger partial charge is 0.416 e. The van der Waals surface area contributed by atoms with Crippen LogP contribution in [0.25, 0.3) is 0 Å². The van der Waals surface area contributed by atoms with Crippen molar-refractivity contribution in [1.29, 1.82) is 5.26 Å². The highest BCUT2D eigenvalue weighted by Gasteiger charge is 2.19. The molecule has 0 saturated carbocycles. The third kappa shape index (κ3) is 4.65. The number of Topliss-reactive ketones (excluding diaryl/α,β-unsaturated/α-hetero) is 1. The van der Waals surface area contributed by atoms with Crippen molar-refractivity contribution in [3.63, 3.8) is 0 Å². The number of thiophene rings is 1. The fourth-order valence-corrected chi connectivity index (χ4v) is 4.15. The Morgan fingerprint density at radius 3 is 2.71 bits per heavy atom. The minimum absolute atomic E-state index is 0.0458. The van der Waals surface area contributed by atoms with Crippen LogP contribution in [-0.4, -0.2) is 27.6 Å². The van der Waals surface area contributed by atoms with Crippen LogP contribution >= 0.6 is 23.1 Å². The number of ketones is 1. The van der Waals surface area contributed by atoms with E-state index in [2.05, 4.69) is 15.5 Å². The summed E-state index contributed by atoms with van der Waals surface area (Å²) in [6.07, 6.45) is 0.522. The van der Waals surface area contributed by atoms with Crippen molar-refractivity contribution < 1.29 is 14.0 Å². The number of hydrogen-bond acceptors (Lipinski definition) is 8. The molecule has 0 spiro atoms. The number of amides is 1. The molecule has 2 heterocycles. The number of rotatable bonds is 7. The van der Waals surface area contributed by atoms with Crippen LogP contribution in [0, 0.1) is 18.3 Å². The molecule has 0 aliphatic rings. The number of hydrogen-bond donors (Lipinski definition) is 1. The lowest BCUT2D eigenvalue weighted by Crippen LogP contribution is -2.13. The molecule has 0 aliphatic heterocycles. The van der Waals surface area contributed by atoms with E-state index in [9.17, 15) is 14.9 Å². The maximum Gasteiger partial charge on any atom is 0.277 e. The van der Waals surface area contributed by atoms with E-state index in [0.717, 1.165) is 28.7 Å². The first kappa shape index (κ1) is 19.8. The summed E-state index contributed by atoms with van der Waals surface area (Å²) in [6.45, 7) is 3.13. The number of thioether (sulfide) groups is 1. The summed E-state index contributed by atoms with van der Waals surface area (Å²) in [5.74, 6) is 0.0664. The number of nitrogens with one attached hydrogen (secondary N) is 1. The van der Waals surface area contributed by atoms with E-state index >= 15 is 0 Å². The molecule has 0 fully saturated rings. The van der Waals surface area contributed by atoms with E-state index in [1.165, 1.54) is 6.92 Å². The lowest BCUT2D eigenvalue weighted by Gasteiger charge is -2.01. The molecule has 0 radical (unpaired) electrons. The van der Waals surface area contributed by atoms with Gasteiger partial charge >= 0.3 is 0 Å². The van der Waals surface area contributed by atoms with Gasteiger partial charge in [0.25, 0.3) is 5.22 Å². The zero-order valence-electron chi connectivity index (χ0n) is 15.2. The predicted molar refractivity (Wildman–Crippen MR) is 107 cm³/mol. The van der Waals surface area contributed by atoms with Crippen molar-refractivity contribution in [1.82, 2.24) is 10.2 Å². The molecule has 3 rings (SSSR count). The van der Waals surface area contributed by atoms with E-state index in [-0.39, 0.29) is 17.4 Å². The van der Waals surface area contributed by atoms with E-state index in [0.29, 0.717) is 38.5 Å². The van der Waals surface area contributed by atoms with E-state index < -0.39 is 0 Å². The number of benzene rings is 1. The third-order valence-electron chi connectivity index (χ3n) is 3.80. The minimum Gasteiger partial charge on any atom is -0.416 e. The van der Waals surface area contributed by atoms with Gasteiger partial charge < -0.3 is 9.73 Å². The quantitative estimate of drug-likeness (QED) is 0.464. The van der Waals surface area contributed by atoms with Gasteiger partial charge in [-0.1, -0.05) is 42.1 Å². The van der Waals surface area contributed by atoms with Crippen LogP contribution in [0.15, 0.2) is 40.0 Å². The lowest BCUT2D eigenvalue weighted by molar-refractivity contribution is -0.113. The highest BCUT2D eigenvalue weighted by Crippen LogP contribution is 2.33. The molecule has 0 bridgehead atoms. The minimum atomic E-state index is -0.319. The SMILES string of the molecule is CC(=O)c1sc(NC(=O)CSc2nnc(Cc3ccccc3)o2)c(C#N)c1C. The van der Waals surface area contributed by atoms with Crippen molar-refractivity contribution in [3.05, 3.63) is 57.8 Å². The summed E-state index contributed by atoms with van der Waals surface area (Å²) in [4.78, 5) is 24.3. The average Bonchev–Trinajstić information content (AvgIpc) is 3.25.